The topological polar surface area (TPSA) is 82.3 Å². The van der Waals surface area contributed by atoms with E-state index in [1.807, 2.05) is 12.1 Å². The van der Waals surface area contributed by atoms with E-state index in [4.69, 9.17) is 0 Å². The average molecular weight is 797 g/mol. The molecule has 0 amide bonds. The van der Waals surface area contributed by atoms with Crippen molar-refractivity contribution >= 4 is 57.1 Å². The average Bonchev–Trinajstić information content (AvgIpc) is 3.21. The van der Waals surface area contributed by atoms with Crippen molar-refractivity contribution in [2.24, 2.45) is 23.7 Å². The molecule has 0 radical (unpaired) electrons. The molecule has 60 heavy (non-hydrogen) atoms. The lowest BCUT2D eigenvalue weighted by Crippen LogP contribution is -2.25. The van der Waals surface area contributed by atoms with Gasteiger partial charge in [-0.25, -0.2) is 0 Å². The van der Waals surface area contributed by atoms with Gasteiger partial charge in [0.25, 0.3) is 0 Å². The second kappa shape index (κ2) is 18.4. The summed E-state index contributed by atoms with van der Waals surface area (Å²) < 4.78 is 0. The number of hydrogen-bond donors (Lipinski definition) is 4. The Labute approximate surface area is 357 Å². The van der Waals surface area contributed by atoms with E-state index in [1.54, 1.807) is 12.1 Å². The van der Waals surface area contributed by atoms with Crippen molar-refractivity contribution in [1.82, 2.24) is 0 Å². The third-order valence-corrected chi connectivity index (χ3v) is 10.8. The molecule has 0 spiro atoms. The smallest absolute Gasteiger partial charge is 0.196 e. The van der Waals surface area contributed by atoms with E-state index in [-0.39, 0.29) is 11.6 Å². The molecular weight excluding hydrogens is 737 g/mol. The first-order valence-corrected chi connectivity index (χ1v) is 21.7. The molecule has 0 aliphatic heterocycles. The fraction of sp³-hybridized carbons (Fsp3) is 0.296. The number of hydrogen-bond acceptors (Lipinski definition) is 6. The number of rotatable bonds is 16. The summed E-state index contributed by atoms with van der Waals surface area (Å²) in [6.45, 7) is 17.8. The molecule has 1 aliphatic carbocycles. The van der Waals surface area contributed by atoms with Gasteiger partial charge in [0.05, 0.1) is 33.9 Å². The predicted molar refractivity (Wildman–Crippen MR) is 253 cm³/mol. The van der Waals surface area contributed by atoms with Gasteiger partial charge < -0.3 is 21.3 Å². The summed E-state index contributed by atoms with van der Waals surface area (Å²) in [4.78, 5) is 30.1. The van der Waals surface area contributed by atoms with Gasteiger partial charge in [-0.2, -0.15) is 0 Å². The number of benzene rings is 6. The van der Waals surface area contributed by atoms with Gasteiger partial charge in [-0.1, -0.05) is 128 Å². The highest BCUT2D eigenvalue weighted by atomic mass is 16.1. The number of carbonyl (C=O) groups is 2. The second-order valence-corrected chi connectivity index (χ2v) is 18.1. The van der Waals surface area contributed by atoms with Gasteiger partial charge in [0.15, 0.2) is 11.6 Å². The first kappa shape index (κ1) is 42.0. The van der Waals surface area contributed by atoms with Crippen LogP contribution in [0.4, 0.5) is 45.5 Å². The van der Waals surface area contributed by atoms with Crippen LogP contribution in [-0.4, -0.2) is 11.6 Å². The lowest BCUT2D eigenvalue weighted by atomic mass is 9.81. The van der Waals surface area contributed by atoms with Gasteiger partial charge in [-0.3, -0.25) is 9.59 Å². The lowest BCUT2D eigenvalue weighted by molar-refractivity contribution is 0.0980. The van der Waals surface area contributed by atoms with Crippen LogP contribution in [0.15, 0.2) is 121 Å². The Hall–Kier alpha value is -6.14. The Morgan fingerprint density at radius 2 is 0.567 bits per heavy atom. The van der Waals surface area contributed by atoms with E-state index in [0.29, 0.717) is 68.7 Å². The molecule has 0 heterocycles. The number of nitrogens with one attached hydrogen (secondary N) is 4. The zero-order valence-corrected chi connectivity index (χ0v) is 36.5. The summed E-state index contributed by atoms with van der Waals surface area (Å²) in [5, 5.41) is 14.9. The lowest BCUT2D eigenvalue weighted by Gasteiger charge is -2.30. The molecule has 1 aliphatic rings. The molecule has 6 heteroatoms. The summed E-state index contributed by atoms with van der Waals surface area (Å²) in [7, 11) is 0. The second-order valence-electron chi connectivity index (χ2n) is 18.1. The maximum Gasteiger partial charge on any atom is 0.196 e. The van der Waals surface area contributed by atoms with Gasteiger partial charge in [0, 0.05) is 33.9 Å². The maximum absolute atomic E-state index is 15.1. The van der Waals surface area contributed by atoms with Gasteiger partial charge in [0.2, 0.25) is 0 Å². The largest absolute Gasteiger partial charge is 0.353 e. The molecule has 6 nitrogen and oxygen atoms in total. The third kappa shape index (κ3) is 9.82. The van der Waals surface area contributed by atoms with E-state index in [2.05, 4.69) is 174 Å². The summed E-state index contributed by atoms with van der Waals surface area (Å²) in [6.07, 6.45) is 3.86. The van der Waals surface area contributed by atoms with Gasteiger partial charge in [0.1, 0.15) is 0 Å². The van der Waals surface area contributed by atoms with E-state index >= 15 is 9.59 Å². The highest BCUT2D eigenvalue weighted by molar-refractivity contribution is 6.34. The summed E-state index contributed by atoms with van der Waals surface area (Å²) in [5.74, 6) is 1.65. The van der Waals surface area contributed by atoms with Crippen LogP contribution < -0.4 is 21.3 Å². The van der Waals surface area contributed by atoms with Crippen molar-refractivity contribution in [2.45, 2.75) is 81.1 Å². The van der Waals surface area contributed by atoms with E-state index < -0.39 is 0 Å². The van der Waals surface area contributed by atoms with Crippen LogP contribution in [0.25, 0.3) is 0 Å². The minimum atomic E-state index is -0.214. The molecule has 0 unspecified atom stereocenters. The molecule has 0 saturated heterocycles. The highest BCUT2D eigenvalue weighted by Crippen LogP contribution is 2.51. The van der Waals surface area contributed by atoms with Crippen LogP contribution in [0.2, 0.25) is 0 Å². The SMILES string of the molecule is CC(C)Cc1ccc(Nc2c(Nc3ccc(CC(C)C)cc3)c(Nc3ccc(CC(C)C)cc3)c3c(c2Nc2ccc(CC(C)C)cc2)C(=O)c2ccccc2C3=O)cc1. The Kier molecular flexibility index (Phi) is 12.9. The summed E-state index contributed by atoms with van der Waals surface area (Å²) in [6, 6.07) is 40.9. The van der Waals surface area contributed by atoms with Crippen LogP contribution in [0.5, 0.6) is 0 Å². The maximum atomic E-state index is 15.1. The quantitative estimate of drug-likeness (QED) is 0.0780. The van der Waals surface area contributed by atoms with Crippen molar-refractivity contribution in [3.8, 4) is 0 Å². The fourth-order valence-corrected chi connectivity index (χ4v) is 8.21. The van der Waals surface area contributed by atoms with Crippen molar-refractivity contribution in [1.29, 1.82) is 0 Å². The Bertz CT molecular complexity index is 2270. The molecule has 7 rings (SSSR count). The normalized spacial score (nSPS) is 12.3. The van der Waals surface area contributed by atoms with Crippen molar-refractivity contribution in [3.05, 3.63) is 166 Å². The third-order valence-electron chi connectivity index (χ3n) is 10.8. The molecule has 6 aromatic rings. The molecule has 0 bridgehead atoms. The molecule has 0 fully saturated rings. The summed E-state index contributed by atoms with van der Waals surface area (Å²) in [5.41, 5.74) is 12.1. The molecule has 0 atom stereocenters. The predicted octanol–water partition coefficient (Wildman–Crippen LogP) is 14.2. The Morgan fingerprint density at radius 1 is 0.333 bits per heavy atom. The van der Waals surface area contributed by atoms with E-state index in [0.717, 1.165) is 48.4 Å². The van der Waals surface area contributed by atoms with E-state index in [1.165, 1.54) is 22.3 Å². The number of fused-ring (bicyclic) bond motifs is 2. The van der Waals surface area contributed by atoms with Crippen LogP contribution in [0.3, 0.4) is 0 Å². The number of carbonyl (C=O) groups excluding carboxylic acids is 2. The van der Waals surface area contributed by atoms with Crippen molar-refractivity contribution in [2.75, 3.05) is 21.3 Å². The first-order valence-electron chi connectivity index (χ1n) is 21.7. The molecule has 6 aromatic carbocycles. The van der Waals surface area contributed by atoms with Crippen LogP contribution in [0.1, 0.15) is 109 Å². The highest BCUT2D eigenvalue weighted by Gasteiger charge is 2.38. The van der Waals surface area contributed by atoms with E-state index in [9.17, 15) is 0 Å². The zero-order valence-electron chi connectivity index (χ0n) is 36.5. The zero-order chi connectivity index (χ0) is 42.5. The van der Waals surface area contributed by atoms with Crippen molar-refractivity contribution in [3.63, 3.8) is 0 Å². The first-order chi connectivity index (χ1) is 28.8. The monoisotopic (exact) mass is 796 g/mol. The molecule has 308 valence electrons. The van der Waals surface area contributed by atoms with Crippen LogP contribution >= 0.6 is 0 Å². The Balaban J connectivity index is 1.49. The van der Waals surface area contributed by atoms with Gasteiger partial charge in [-0.15, -0.1) is 0 Å². The molecular formula is C54H60N4O2. The molecule has 0 saturated carbocycles. The summed E-state index contributed by atoms with van der Waals surface area (Å²) >= 11 is 0. The number of ketones is 2. The number of anilines is 8. The van der Waals surface area contributed by atoms with Gasteiger partial charge >= 0.3 is 0 Å². The minimum absolute atomic E-state index is 0.214. The molecule has 0 aromatic heterocycles. The molecule has 4 N–H and O–H groups in total. The standard InChI is InChI=1S/C54H60N4O2/c1-33(2)29-37-13-21-41(22-14-37)55-49-47-48(54(60)46-12-10-9-11-45(46)53(47)59)50(56-42-23-15-38(16-24-42)30-34(3)4)52(58-44-27-19-40(20-28-44)32-36(7)8)51(49)57-43-25-17-39(18-26-43)31-35(5)6/h9-28,33-36,55-58H,29-32H2,1-8H3. The van der Waals surface area contributed by atoms with Crippen LogP contribution in [-0.2, 0) is 25.7 Å². The van der Waals surface area contributed by atoms with Crippen LogP contribution in [0, 0.1) is 23.7 Å². The fourth-order valence-electron chi connectivity index (χ4n) is 8.21. The minimum Gasteiger partial charge on any atom is -0.353 e. The Morgan fingerprint density at radius 3 is 0.800 bits per heavy atom. The van der Waals surface area contributed by atoms with Crippen molar-refractivity contribution < 1.29 is 9.59 Å². The van der Waals surface area contributed by atoms with Gasteiger partial charge in [-0.05, 0) is 120 Å².